The topological polar surface area (TPSA) is 32.3 Å². The first-order valence-corrected chi connectivity index (χ1v) is 6.29. The van der Waals surface area contributed by atoms with E-state index in [1.807, 2.05) is 29.2 Å². The van der Waals surface area contributed by atoms with Crippen LogP contribution < -0.4 is 5.32 Å². The molecule has 1 saturated heterocycles. The minimum absolute atomic E-state index is 0.159. The van der Waals surface area contributed by atoms with Gasteiger partial charge in [0.15, 0.2) is 0 Å². The molecular formula is C13H17ClN2O. The Labute approximate surface area is 107 Å². The van der Waals surface area contributed by atoms with E-state index in [-0.39, 0.29) is 5.91 Å². The lowest BCUT2D eigenvalue weighted by Gasteiger charge is -2.32. The van der Waals surface area contributed by atoms with Gasteiger partial charge in [-0.15, -0.1) is 0 Å². The smallest absolute Gasteiger partial charge is 0.227 e. The van der Waals surface area contributed by atoms with E-state index >= 15 is 0 Å². The lowest BCUT2D eigenvalue weighted by atomic mass is 10.1. The molecule has 4 heteroatoms. The van der Waals surface area contributed by atoms with Gasteiger partial charge in [0.05, 0.1) is 6.42 Å². The van der Waals surface area contributed by atoms with Crippen molar-refractivity contribution in [1.29, 1.82) is 0 Å². The van der Waals surface area contributed by atoms with Crippen LogP contribution in [0, 0.1) is 0 Å². The maximum atomic E-state index is 12.1. The van der Waals surface area contributed by atoms with Gasteiger partial charge in [-0.2, -0.15) is 0 Å². The number of rotatable bonds is 2. The highest BCUT2D eigenvalue weighted by molar-refractivity contribution is 6.31. The summed E-state index contributed by atoms with van der Waals surface area (Å²) in [4.78, 5) is 14.0. The van der Waals surface area contributed by atoms with Crippen LogP contribution >= 0.6 is 11.6 Å². The normalized spacial score (nSPS) is 20.4. The van der Waals surface area contributed by atoms with Crippen LogP contribution in [0.3, 0.4) is 0 Å². The van der Waals surface area contributed by atoms with Gasteiger partial charge in [-0.25, -0.2) is 0 Å². The number of piperazine rings is 1. The molecule has 1 heterocycles. The summed E-state index contributed by atoms with van der Waals surface area (Å²) in [5, 5.41) is 3.99. The van der Waals surface area contributed by atoms with Crippen LogP contribution in [0.15, 0.2) is 24.3 Å². The zero-order valence-corrected chi connectivity index (χ0v) is 10.7. The predicted molar refractivity (Wildman–Crippen MR) is 69.2 cm³/mol. The largest absolute Gasteiger partial charge is 0.340 e. The number of hydrogen-bond donors (Lipinski definition) is 1. The standard InChI is InChI=1S/C13H17ClN2O/c1-10-9-16(7-6-15-10)13(17)8-11-4-2-3-5-12(11)14/h2-5,10,15H,6-9H2,1H3/t10-/m1/s1. The first kappa shape index (κ1) is 12.4. The van der Waals surface area contributed by atoms with Crippen molar-refractivity contribution in [3.8, 4) is 0 Å². The van der Waals surface area contributed by atoms with E-state index in [0.29, 0.717) is 17.5 Å². The van der Waals surface area contributed by atoms with E-state index in [0.717, 1.165) is 25.2 Å². The Morgan fingerprint density at radius 1 is 1.53 bits per heavy atom. The lowest BCUT2D eigenvalue weighted by molar-refractivity contribution is -0.131. The van der Waals surface area contributed by atoms with E-state index in [4.69, 9.17) is 11.6 Å². The predicted octanol–water partition coefficient (Wildman–Crippen LogP) is 1.70. The minimum atomic E-state index is 0.159. The SMILES string of the molecule is C[C@@H]1CN(C(=O)Cc2ccccc2Cl)CCN1. The van der Waals surface area contributed by atoms with Crippen molar-refractivity contribution in [3.05, 3.63) is 34.9 Å². The maximum absolute atomic E-state index is 12.1. The molecule has 1 aliphatic rings. The summed E-state index contributed by atoms with van der Waals surface area (Å²) in [5.74, 6) is 0.159. The number of hydrogen-bond acceptors (Lipinski definition) is 2. The van der Waals surface area contributed by atoms with Crippen LogP contribution in [0.2, 0.25) is 5.02 Å². The Kier molecular flexibility index (Phi) is 4.02. The molecule has 0 radical (unpaired) electrons. The van der Waals surface area contributed by atoms with E-state index in [9.17, 15) is 4.79 Å². The van der Waals surface area contributed by atoms with Crippen molar-refractivity contribution in [2.45, 2.75) is 19.4 Å². The number of halogens is 1. The molecule has 0 spiro atoms. The maximum Gasteiger partial charge on any atom is 0.227 e. The van der Waals surface area contributed by atoms with Crippen LogP contribution in [-0.4, -0.2) is 36.5 Å². The van der Waals surface area contributed by atoms with Crippen molar-refractivity contribution in [2.75, 3.05) is 19.6 Å². The highest BCUT2D eigenvalue weighted by atomic mass is 35.5. The second kappa shape index (κ2) is 5.52. The van der Waals surface area contributed by atoms with Crippen LogP contribution in [0.5, 0.6) is 0 Å². The third-order valence-corrected chi connectivity index (χ3v) is 3.39. The van der Waals surface area contributed by atoms with Crippen LogP contribution in [0.25, 0.3) is 0 Å². The average Bonchev–Trinajstić information content (AvgIpc) is 2.32. The van der Waals surface area contributed by atoms with Crippen molar-refractivity contribution in [1.82, 2.24) is 10.2 Å². The molecule has 1 amide bonds. The summed E-state index contributed by atoms with van der Waals surface area (Å²) < 4.78 is 0. The van der Waals surface area contributed by atoms with Crippen LogP contribution in [-0.2, 0) is 11.2 Å². The lowest BCUT2D eigenvalue weighted by Crippen LogP contribution is -2.51. The summed E-state index contributed by atoms with van der Waals surface area (Å²) in [7, 11) is 0. The molecule has 1 N–H and O–H groups in total. The van der Waals surface area contributed by atoms with Gasteiger partial charge in [0.2, 0.25) is 5.91 Å². The molecule has 2 rings (SSSR count). The average molecular weight is 253 g/mol. The molecule has 3 nitrogen and oxygen atoms in total. The fraction of sp³-hybridized carbons (Fsp3) is 0.462. The molecule has 0 aromatic heterocycles. The Morgan fingerprint density at radius 3 is 3.00 bits per heavy atom. The highest BCUT2D eigenvalue weighted by Gasteiger charge is 2.20. The van der Waals surface area contributed by atoms with Gasteiger partial charge < -0.3 is 10.2 Å². The van der Waals surface area contributed by atoms with Crippen molar-refractivity contribution >= 4 is 17.5 Å². The Hall–Kier alpha value is -1.06. The molecule has 1 fully saturated rings. The molecule has 1 aromatic carbocycles. The summed E-state index contributed by atoms with van der Waals surface area (Å²) >= 11 is 6.05. The van der Waals surface area contributed by atoms with Crippen LogP contribution in [0.1, 0.15) is 12.5 Å². The van der Waals surface area contributed by atoms with Crippen molar-refractivity contribution < 1.29 is 4.79 Å². The number of carbonyl (C=O) groups is 1. The zero-order chi connectivity index (χ0) is 12.3. The molecular weight excluding hydrogens is 236 g/mol. The fourth-order valence-electron chi connectivity index (χ4n) is 2.08. The molecule has 0 bridgehead atoms. The van der Waals surface area contributed by atoms with E-state index in [1.54, 1.807) is 0 Å². The number of nitrogens with one attached hydrogen (secondary N) is 1. The summed E-state index contributed by atoms with van der Waals surface area (Å²) in [5.41, 5.74) is 0.908. The molecule has 0 saturated carbocycles. The van der Waals surface area contributed by atoms with E-state index in [2.05, 4.69) is 12.2 Å². The highest BCUT2D eigenvalue weighted by Crippen LogP contribution is 2.16. The minimum Gasteiger partial charge on any atom is -0.340 e. The molecule has 0 unspecified atom stereocenters. The molecule has 92 valence electrons. The van der Waals surface area contributed by atoms with Gasteiger partial charge in [-0.3, -0.25) is 4.79 Å². The first-order valence-electron chi connectivity index (χ1n) is 5.91. The second-order valence-electron chi connectivity index (χ2n) is 4.46. The number of benzene rings is 1. The number of amides is 1. The fourth-order valence-corrected chi connectivity index (χ4v) is 2.28. The second-order valence-corrected chi connectivity index (χ2v) is 4.87. The number of carbonyl (C=O) groups excluding carboxylic acids is 1. The van der Waals surface area contributed by atoms with E-state index in [1.165, 1.54) is 0 Å². The molecule has 1 aliphatic heterocycles. The van der Waals surface area contributed by atoms with Gasteiger partial charge in [-0.1, -0.05) is 29.8 Å². The summed E-state index contributed by atoms with van der Waals surface area (Å²) in [6.45, 7) is 4.53. The number of nitrogens with zero attached hydrogens (tertiary/aromatic N) is 1. The summed E-state index contributed by atoms with van der Waals surface area (Å²) in [6, 6.07) is 7.90. The molecule has 1 atom stereocenters. The molecule has 0 aliphatic carbocycles. The molecule has 1 aromatic rings. The third-order valence-electron chi connectivity index (χ3n) is 3.02. The quantitative estimate of drug-likeness (QED) is 0.869. The monoisotopic (exact) mass is 252 g/mol. The van der Waals surface area contributed by atoms with Gasteiger partial charge in [-0.05, 0) is 18.6 Å². The van der Waals surface area contributed by atoms with E-state index < -0.39 is 0 Å². The first-order chi connectivity index (χ1) is 8.16. The third kappa shape index (κ3) is 3.20. The van der Waals surface area contributed by atoms with Crippen molar-refractivity contribution in [3.63, 3.8) is 0 Å². The van der Waals surface area contributed by atoms with Gasteiger partial charge >= 0.3 is 0 Å². The van der Waals surface area contributed by atoms with Gasteiger partial charge in [0.25, 0.3) is 0 Å². The Bertz CT molecular complexity index is 408. The summed E-state index contributed by atoms with van der Waals surface area (Å²) in [6.07, 6.45) is 0.395. The molecule has 17 heavy (non-hydrogen) atoms. The van der Waals surface area contributed by atoms with Crippen LogP contribution in [0.4, 0.5) is 0 Å². The Balaban J connectivity index is 1.99. The zero-order valence-electron chi connectivity index (χ0n) is 9.95. The Morgan fingerprint density at radius 2 is 2.29 bits per heavy atom. The van der Waals surface area contributed by atoms with Gasteiger partial charge in [0, 0.05) is 30.7 Å². The van der Waals surface area contributed by atoms with Crippen molar-refractivity contribution in [2.24, 2.45) is 0 Å². The van der Waals surface area contributed by atoms with Gasteiger partial charge in [0.1, 0.15) is 0 Å².